The van der Waals surface area contributed by atoms with Crippen LogP contribution in [0, 0.1) is 21.7 Å². The molecule has 8 nitrogen and oxygen atoms in total. The average Bonchev–Trinajstić information content (AvgIpc) is 2.98. The van der Waals surface area contributed by atoms with Crippen molar-refractivity contribution in [2.24, 2.45) is 4.99 Å². The van der Waals surface area contributed by atoms with Crippen LogP contribution in [-0.2, 0) is 16.1 Å². The number of rotatable bonds is 5. The molecule has 12 heteroatoms. The first-order chi connectivity index (χ1) is 14.2. The van der Waals surface area contributed by atoms with Gasteiger partial charge in [0.1, 0.15) is 17.9 Å². The Morgan fingerprint density at radius 1 is 1.30 bits per heavy atom. The van der Waals surface area contributed by atoms with Crippen molar-refractivity contribution in [1.82, 2.24) is 4.57 Å². The lowest BCUT2D eigenvalue weighted by molar-refractivity contribution is -0.385. The molecule has 3 rings (SSSR count). The minimum absolute atomic E-state index is 0.0681. The molecule has 0 fully saturated rings. The fraction of sp³-hybridized carbons (Fsp3) is 0.167. The largest absolute Gasteiger partial charge is 0.465 e. The highest BCUT2D eigenvalue weighted by Gasteiger charge is 2.22. The summed E-state index contributed by atoms with van der Waals surface area (Å²) in [4.78, 5) is 38.7. The van der Waals surface area contributed by atoms with Gasteiger partial charge >= 0.3 is 5.97 Å². The van der Waals surface area contributed by atoms with Gasteiger partial charge in [0.2, 0.25) is 0 Å². The number of carbonyl (C=O) groups excluding carboxylic acids is 2. The number of aromatic nitrogens is 1. The number of amides is 1. The molecule has 1 amide bonds. The SMILES string of the molecule is CCOC(=O)Cn1c(=NC(=O)c2cc(Cl)ccc2[N+](=O)[O-])sc2cc(F)cc(F)c21. The number of thiazole rings is 1. The van der Waals surface area contributed by atoms with Crippen LogP contribution in [-0.4, -0.2) is 28.0 Å². The molecular formula is C18H12ClF2N3O5S. The maximum absolute atomic E-state index is 14.4. The van der Waals surface area contributed by atoms with Gasteiger partial charge in [-0.2, -0.15) is 4.99 Å². The molecule has 156 valence electrons. The molecule has 1 aromatic heterocycles. The van der Waals surface area contributed by atoms with Crippen molar-refractivity contribution in [3.8, 4) is 0 Å². The molecule has 0 aliphatic carbocycles. The van der Waals surface area contributed by atoms with Gasteiger partial charge in [-0.3, -0.25) is 19.7 Å². The van der Waals surface area contributed by atoms with Gasteiger partial charge in [-0.1, -0.05) is 22.9 Å². The van der Waals surface area contributed by atoms with E-state index in [9.17, 15) is 28.5 Å². The molecule has 0 aliphatic rings. The zero-order chi connectivity index (χ0) is 22.0. The van der Waals surface area contributed by atoms with E-state index in [4.69, 9.17) is 16.3 Å². The Kier molecular flexibility index (Phi) is 6.22. The number of fused-ring (bicyclic) bond motifs is 1. The second kappa shape index (κ2) is 8.67. The Hall–Kier alpha value is -3.18. The summed E-state index contributed by atoms with van der Waals surface area (Å²) in [5.74, 6) is -3.58. The lowest BCUT2D eigenvalue weighted by Crippen LogP contribution is -2.23. The number of carbonyl (C=O) groups is 2. The number of ether oxygens (including phenoxy) is 1. The molecule has 1 heterocycles. The van der Waals surface area contributed by atoms with Gasteiger partial charge in [0, 0.05) is 17.2 Å². The van der Waals surface area contributed by atoms with Crippen molar-refractivity contribution >= 4 is 50.7 Å². The second-order valence-corrected chi connectivity index (χ2v) is 7.29. The van der Waals surface area contributed by atoms with Crippen molar-refractivity contribution in [2.75, 3.05) is 6.61 Å². The maximum Gasteiger partial charge on any atom is 0.326 e. The molecule has 3 aromatic rings. The zero-order valence-corrected chi connectivity index (χ0v) is 16.8. The van der Waals surface area contributed by atoms with Gasteiger partial charge in [-0.25, -0.2) is 8.78 Å². The topological polar surface area (TPSA) is 104 Å². The summed E-state index contributed by atoms with van der Waals surface area (Å²) in [6.07, 6.45) is 0. The van der Waals surface area contributed by atoms with Crippen molar-refractivity contribution in [3.63, 3.8) is 0 Å². The van der Waals surface area contributed by atoms with Crippen LogP contribution in [0.4, 0.5) is 14.5 Å². The summed E-state index contributed by atoms with van der Waals surface area (Å²) in [5, 5.41) is 11.3. The number of hydrogen-bond donors (Lipinski definition) is 0. The summed E-state index contributed by atoms with van der Waals surface area (Å²) in [6, 6.07) is 5.03. The quantitative estimate of drug-likeness (QED) is 0.330. The summed E-state index contributed by atoms with van der Waals surface area (Å²) < 4.78 is 34.0. The van der Waals surface area contributed by atoms with E-state index in [0.717, 1.165) is 34.1 Å². The fourth-order valence-electron chi connectivity index (χ4n) is 2.68. The minimum atomic E-state index is -1.03. The summed E-state index contributed by atoms with van der Waals surface area (Å²) in [5.41, 5.74) is -1.07. The average molecular weight is 456 g/mol. The Morgan fingerprint density at radius 3 is 2.70 bits per heavy atom. The standard InChI is InChI=1S/C18H12ClF2N3O5S/c1-2-29-15(25)8-23-16-12(21)6-10(20)7-14(16)30-18(23)22-17(26)11-5-9(19)3-4-13(11)24(27)28/h3-7H,2,8H2,1H3. The van der Waals surface area contributed by atoms with E-state index < -0.39 is 40.7 Å². The zero-order valence-electron chi connectivity index (χ0n) is 15.2. The summed E-state index contributed by atoms with van der Waals surface area (Å²) in [6.45, 7) is 1.15. The lowest BCUT2D eigenvalue weighted by Gasteiger charge is -2.06. The number of nitro benzene ring substituents is 1. The van der Waals surface area contributed by atoms with Crippen molar-refractivity contribution < 1.29 is 28.0 Å². The number of benzene rings is 2. The highest BCUT2D eigenvalue weighted by atomic mass is 35.5. The third-order valence-corrected chi connectivity index (χ3v) is 5.13. The number of hydrogen-bond acceptors (Lipinski definition) is 6. The van der Waals surface area contributed by atoms with Crippen molar-refractivity contribution in [2.45, 2.75) is 13.5 Å². The van der Waals surface area contributed by atoms with Crippen LogP contribution < -0.4 is 4.80 Å². The van der Waals surface area contributed by atoms with E-state index >= 15 is 0 Å². The lowest BCUT2D eigenvalue weighted by atomic mass is 10.2. The highest BCUT2D eigenvalue weighted by Crippen LogP contribution is 2.25. The van der Waals surface area contributed by atoms with Gasteiger partial charge < -0.3 is 9.30 Å². The predicted molar refractivity (Wildman–Crippen MR) is 104 cm³/mol. The van der Waals surface area contributed by atoms with E-state index in [1.165, 1.54) is 6.07 Å². The molecular weight excluding hydrogens is 444 g/mol. The van der Waals surface area contributed by atoms with Gasteiger partial charge in [0.15, 0.2) is 10.6 Å². The summed E-state index contributed by atoms with van der Waals surface area (Å²) >= 11 is 6.57. The van der Waals surface area contributed by atoms with Crippen LogP contribution in [0.15, 0.2) is 35.3 Å². The third-order valence-electron chi connectivity index (χ3n) is 3.87. The third kappa shape index (κ3) is 4.36. The highest BCUT2D eigenvalue weighted by molar-refractivity contribution is 7.16. The Bertz CT molecular complexity index is 1250. The van der Waals surface area contributed by atoms with Crippen molar-refractivity contribution in [1.29, 1.82) is 0 Å². The van der Waals surface area contributed by atoms with E-state index in [1.54, 1.807) is 6.92 Å². The normalized spacial score (nSPS) is 11.7. The van der Waals surface area contributed by atoms with Crippen LogP contribution >= 0.6 is 22.9 Å². The van der Waals surface area contributed by atoms with E-state index in [-0.39, 0.29) is 32.2 Å². The number of nitro groups is 1. The van der Waals surface area contributed by atoms with E-state index in [2.05, 4.69) is 4.99 Å². The van der Waals surface area contributed by atoms with Gasteiger partial charge in [0.05, 0.1) is 21.7 Å². The van der Waals surface area contributed by atoms with Crippen molar-refractivity contribution in [3.05, 3.63) is 67.5 Å². The molecule has 0 N–H and O–H groups in total. The Labute approximate surface area is 176 Å². The molecule has 0 spiro atoms. The van der Waals surface area contributed by atoms with Gasteiger partial charge in [-0.15, -0.1) is 0 Å². The first kappa shape index (κ1) is 21.5. The van der Waals surface area contributed by atoms with Crippen LogP contribution in [0.5, 0.6) is 0 Å². The predicted octanol–water partition coefficient (Wildman–Crippen LogP) is 3.85. The smallest absolute Gasteiger partial charge is 0.326 e. The monoisotopic (exact) mass is 455 g/mol. The van der Waals surface area contributed by atoms with Gasteiger partial charge in [0.25, 0.3) is 11.6 Å². The maximum atomic E-state index is 14.4. The molecule has 0 radical (unpaired) electrons. The minimum Gasteiger partial charge on any atom is -0.465 e. The molecule has 0 saturated heterocycles. The van der Waals surface area contributed by atoms with Crippen LogP contribution in [0.3, 0.4) is 0 Å². The number of halogens is 3. The molecule has 0 aliphatic heterocycles. The molecule has 30 heavy (non-hydrogen) atoms. The van der Waals surface area contributed by atoms with Gasteiger partial charge in [-0.05, 0) is 25.1 Å². The molecule has 0 bridgehead atoms. The number of esters is 1. The van der Waals surface area contributed by atoms with Crippen LogP contribution in [0.1, 0.15) is 17.3 Å². The Balaban J connectivity index is 2.22. The molecule has 0 saturated carbocycles. The molecule has 0 unspecified atom stereocenters. The fourth-order valence-corrected chi connectivity index (χ4v) is 3.92. The first-order valence-electron chi connectivity index (χ1n) is 8.38. The first-order valence-corrected chi connectivity index (χ1v) is 9.57. The Morgan fingerprint density at radius 2 is 2.03 bits per heavy atom. The van der Waals surface area contributed by atoms with Crippen LogP contribution in [0.2, 0.25) is 5.02 Å². The summed E-state index contributed by atoms with van der Waals surface area (Å²) in [7, 11) is 0. The second-order valence-electron chi connectivity index (χ2n) is 5.85. The molecule has 0 atom stereocenters. The van der Waals surface area contributed by atoms with E-state index in [0.29, 0.717) is 6.07 Å². The molecule has 2 aromatic carbocycles. The van der Waals surface area contributed by atoms with E-state index in [1.807, 2.05) is 0 Å². The van der Waals surface area contributed by atoms with Crippen LogP contribution in [0.25, 0.3) is 10.2 Å². The number of nitrogens with zero attached hydrogens (tertiary/aromatic N) is 3.